The largest absolute Gasteiger partial charge is 0.332 e. The number of carbonyl (C=O) groups excluding carboxylic acids is 1. The van der Waals surface area contributed by atoms with Crippen LogP contribution in [0.15, 0.2) is 59.5 Å². The van der Waals surface area contributed by atoms with Gasteiger partial charge in [-0.15, -0.1) is 0 Å². The van der Waals surface area contributed by atoms with Crippen LogP contribution in [0, 0.1) is 0 Å². The van der Waals surface area contributed by atoms with Crippen LogP contribution in [0.25, 0.3) is 0 Å². The van der Waals surface area contributed by atoms with Gasteiger partial charge < -0.3 is 4.90 Å². The summed E-state index contributed by atoms with van der Waals surface area (Å²) in [4.78, 5) is 19.7. The van der Waals surface area contributed by atoms with Crippen LogP contribution in [0.3, 0.4) is 0 Å². The molecule has 0 bridgehead atoms. The predicted molar refractivity (Wildman–Crippen MR) is 97.9 cm³/mol. The molecule has 7 heteroatoms. The van der Waals surface area contributed by atoms with Gasteiger partial charge in [-0.05, 0) is 36.6 Å². The zero-order valence-electron chi connectivity index (χ0n) is 14.8. The average molecular weight is 374 g/mol. The molecule has 0 spiro atoms. The van der Waals surface area contributed by atoms with Crippen molar-refractivity contribution in [2.45, 2.75) is 23.8 Å². The van der Waals surface area contributed by atoms with Crippen LogP contribution in [0.5, 0.6) is 0 Å². The van der Waals surface area contributed by atoms with Gasteiger partial charge in [-0.3, -0.25) is 9.63 Å². The summed E-state index contributed by atoms with van der Waals surface area (Å²) in [7, 11) is -1.20. The molecule has 1 amide bonds. The third kappa shape index (κ3) is 3.51. The van der Waals surface area contributed by atoms with Gasteiger partial charge in [-0.25, -0.2) is 8.42 Å². The molecular formula is C19H22N2O4S. The number of hydrogen-bond acceptors (Lipinski definition) is 4. The Kier molecular flexibility index (Phi) is 5.41. The second kappa shape index (κ2) is 7.57. The average Bonchev–Trinajstić information content (AvgIpc) is 3.17. The molecule has 0 radical (unpaired) electrons. The summed E-state index contributed by atoms with van der Waals surface area (Å²) in [5.74, 6) is -0.159. The highest BCUT2D eigenvalue weighted by molar-refractivity contribution is 7.89. The number of hydroxylamine groups is 1. The van der Waals surface area contributed by atoms with Crippen LogP contribution < -0.4 is 0 Å². The highest BCUT2D eigenvalue weighted by atomic mass is 32.2. The van der Waals surface area contributed by atoms with E-state index in [4.69, 9.17) is 4.84 Å². The molecule has 0 aliphatic carbocycles. The molecule has 138 valence electrons. The molecule has 1 aliphatic heterocycles. The fourth-order valence-electron chi connectivity index (χ4n) is 3.23. The second-order valence-corrected chi connectivity index (χ2v) is 8.13. The molecule has 0 N–H and O–H groups in total. The van der Waals surface area contributed by atoms with E-state index in [0.29, 0.717) is 12.1 Å². The highest BCUT2D eigenvalue weighted by Gasteiger charge is 2.31. The van der Waals surface area contributed by atoms with Crippen molar-refractivity contribution >= 4 is 15.9 Å². The molecule has 1 unspecified atom stereocenters. The summed E-state index contributed by atoms with van der Waals surface area (Å²) in [6.07, 6.45) is 1.83. The first kappa shape index (κ1) is 18.6. The minimum Gasteiger partial charge on any atom is -0.332 e. The molecule has 3 rings (SSSR count). The maximum atomic E-state index is 13.0. The van der Waals surface area contributed by atoms with Crippen LogP contribution in [-0.4, -0.2) is 44.4 Å². The lowest BCUT2D eigenvalue weighted by Gasteiger charge is -2.25. The van der Waals surface area contributed by atoms with Crippen LogP contribution in [0.1, 0.15) is 34.8 Å². The topological polar surface area (TPSA) is 66.9 Å². The van der Waals surface area contributed by atoms with Crippen molar-refractivity contribution in [3.63, 3.8) is 0 Å². The molecular weight excluding hydrogens is 352 g/mol. The molecule has 0 saturated carbocycles. The Labute approximate surface area is 154 Å². The van der Waals surface area contributed by atoms with E-state index in [9.17, 15) is 13.2 Å². The molecule has 1 aliphatic rings. The van der Waals surface area contributed by atoms with Crippen LogP contribution in [-0.2, 0) is 14.9 Å². The Hall–Kier alpha value is -2.22. The fraction of sp³-hybridized carbons (Fsp3) is 0.316. The van der Waals surface area contributed by atoms with E-state index in [1.165, 1.54) is 26.3 Å². The zero-order valence-corrected chi connectivity index (χ0v) is 15.6. The Morgan fingerprint density at radius 1 is 1.15 bits per heavy atom. The van der Waals surface area contributed by atoms with Gasteiger partial charge in [0, 0.05) is 19.2 Å². The van der Waals surface area contributed by atoms with Gasteiger partial charge >= 0.3 is 0 Å². The van der Waals surface area contributed by atoms with Crippen molar-refractivity contribution in [1.29, 1.82) is 0 Å². The molecule has 26 heavy (non-hydrogen) atoms. The summed E-state index contributed by atoms with van der Waals surface area (Å²) in [5.41, 5.74) is 1.46. The summed E-state index contributed by atoms with van der Waals surface area (Å²) >= 11 is 0. The number of likely N-dealkylation sites (tertiary alicyclic amines) is 1. The third-order valence-corrected chi connectivity index (χ3v) is 6.35. The quantitative estimate of drug-likeness (QED) is 0.755. The maximum Gasteiger partial charge on any atom is 0.264 e. The van der Waals surface area contributed by atoms with Gasteiger partial charge in [0.1, 0.15) is 0 Å². The summed E-state index contributed by atoms with van der Waals surface area (Å²) < 4.78 is 25.6. The van der Waals surface area contributed by atoms with Gasteiger partial charge in [-0.1, -0.05) is 40.9 Å². The molecule has 1 heterocycles. The number of hydrogen-bond donors (Lipinski definition) is 0. The number of sulfonamides is 1. The zero-order chi connectivity index (χ0) is 18.7. The van der Waals surface area contributed by atoms with Crippen molar-refractivity contribution in [2.75, 3.05) is 20.7 Å². The first-order chi connectivity index (χ1) is 12.4. The smallest absolute Gasteiger partial charge is 0.264 e. The number of rotatable bonds is 5. The fourth-order valence-corrected chi connectivity index (χ4v) is 4.25. The standard InChI is InChI=1S/C19H22N2O4S/c1-20(25-2)26(23,24)17-11-6-10-16(14-17)19(22)21-13-7-12-18(21)15-8-4-3-5-9-15/h3-6,8-11,14,18H,7,12-13H2,1-2H3. The van der Waals surface area contributed by atoms with Crippen molar-refractivity contribution in [3.8, 4) is 0 Å². The lowest BCUT2D eigenvalue weighted by molar-refractivity contribution is -0.0258. The molecule has 2 aromatic rings. The first-order valence-corrected chi connectivity index (χ1v) is 9.88. The maximum absolute atomic E-state index is 13.0. The normalized spacial score (nSPS) is 17.7. The van der Waals surface area contributed by atoms with E-state index in [1.807, 2.05) is 35.2 Å². The molecule has 1 fully saturated rings. The summed E-state index contributed by atoms with van der Waals surface area (Å²) in [6, 6.07) is 16.0. The van der Waals surface area contributed by atoms with Gasteiger partial charge in [-0.2, -0.15) is 0 Å². The molecule has 0 aromatic heterocycles. The van der Waals surface area contributed by atoms with Crippen LogP contribution in [0.4, 0.5) is 0 Å². The number of nitrogens with zero attached hydrogens (tertiary/aromatic N) is 2. The van der Waals surface area contributed by atoms with E-state index in [1.54, 1.807) is 12.1 Å². The van der Waals surface area contributed by atoms with E-state index < -0.39 is 10.0 Å². The van der Waals surface area contributed by atoms with Gasteiger partial charge in [0.25, 0.3) is 15.9 Å². The SMILES string of the molecule is CON(C)S(=O)(=O)c1cccc(C(=O)N2CCCC2c2ccccc2)c1. The first-order valence-electron chi connectivity index (χ1n) is 8.44. The van der Waals surface area contributed by atoms with Crippen LogP contribution >= 0.6 is 0 Å². The summed E-state index contributed by atoms with van der Waals surface area (Å²) in [6.45, 7) is 0.660. The minimum atomic E-state index is -3.79. The van der Waals surface area contributed by atoms with Crippen molar-refractivity contribution in [3.05, 3.63) is 65.7 Å². The van der Waals surface area contributed by atoms with E-state index in [2.05, 4.69) is 0 Å². The van der Waals surface area contributed by atoms with Gasteiger partial charge in [0.2, 0.25) is 0 Å². The number of carbonyl (C=O) groups is 1. The minimum absolute atomic E-state index is 0.0191. The third-order valence-electron chi connectivity index (χ3n) is 4.67. The number of benzene rings is 2. The molecule has 6 nitrogen and oxygen atoms in total. The Morgan fingerprint density at radius 3 is 2.58 bits per heavy atom. The highest BCUT2D eigenvalue weighted by Crippen LogP contribution is 2.33. The Bertz CT molecular complexity index is 883. The molecule has 1 saturated heterocycles. The van der Waals surface area contributed by atoms with Crippen molar-refractivity contribution in [1.82, 2.24) is 9.37 Å². The lowest BCUT2D eigenvalue weighted by atomic mass is 10.0. The Balaban J connectivity index is 1.90. The van der Waals surface area contributed by atoms with Gasteiger partial charge in [0.05, 0.1) is 18.0 Å². The number of amides is 1. The predicted octanol–water partition coefficient (Wildman–Crippen LogP) is 2.85. The van der Waals surface area contributed by atoms with E-state index >= 15 is 0 Å². The molecule has 1 atom stereocenters. The van der Waals surface area contributed by atoms with Crippen molar-refractivity contribution in [2.24, 2.45) is 0 Å². The molecule has 2 aromatic carbocycles. The van der Waals surface area contributed by atoms with Crippen molar-refractivity contribution < 1.29 is 18.0 Å². The lowest BCUT2D eigenvalue weighted by Crippen LogP contribution is -2.31. The van der Waals surface area contributed by atoms with Gasteiger partial charge in [0.15, 0.2) is 0 Å². The second-order valence-electron chi connectivity index (χ2n) is 6.19. The summed E-state index contributed by atoms with van der Waals surface area (Å²) in [5, 5.41) is 0. The van der Waals surface area contributed by atoms with E-state index in [0.717, 1.165) is 22.9 Å². The van der Waals surface area contributed by atoms with Crippen LogP contribution in [0.2, 0.25) is 0 Å². The Morgan fingerprint density at radius 2 is 1.88 bits per heavy atom. The monoisotopic (exact) mass is 374 g/mol. The van der Waals surface area contributed by atoms with E-state index in [-0.39, 0.29) is 16.8 Å².